The summed E-state index contributed by atoms with van der Waals surface area (Å²) in [5.41, 5.74) is 8.55. The van der Waals surface area contributed by atoms with Gasteiger partial charge in [-0.2, -0.15) is 0 Å². The normalized spacial score (nSPS) is 17.3. The van der Waals surface area contributed by atoms with Crippen LogP contribution in [0.5, 0.6) is 0 Å². The molecule has 0 bridgehead atoms. The van der Waals surface area contributed by atoms with Crippen molar-refractivity contribution >= 4 is 5.96 Å². The Morgan fingerprint density at radius 2 is 2.22 bits per heavy atom. The molecule has 0 saturated heterocycles. The van der Waals surface area contributed by atoms with Crippen LogP contribution in [0.1, 0.15) is 46.5 Å². The number of rotatable bonds is 5. The standard InChI is InChI=1S/C15H27N3/c1-12(2)10-17-14(16)18-11-15(3,4)13-8-6-5-7-9-13/h8H,1,5-7,9-11H2,2-4H3,(H3,16,17,18). The van der Waals surface area contributed by atoms with Crippen LogP contribution >= 0.6 is 0 Å². The molecule has 3 nitrogen and oxygen atoms in total. The fourth-order valence-electron chi connectivity index (χ4n) is 2.13. The first-order valence-corrected chi connectivity index (χ1v) is 6.79. The molecule has 0 aliphatic heterocycles. The van der Waals surface area contributed by atoms with Crippen LogP contribution in [0, 0.1) is 5.41 Å². The number of guanidine groups is 1. The van der Waals surface area contributed by atoms with E-state index in [-0.39, 0.29) is 5.41 Å². The first-order chi connectivity index (χ1) is 8.42. The van der Waals surface area contributed by atoms with Crippen molar-refractivity contribution in [1.29, 1.82) is 0 Å². The zero-order valence-electron chi connectivity index (χ0n) is 12.1. The monoisotopic (exact) mass is 249 g/mol. The zero-order chi connectivity index (χ0) is 13.6. The van der Waals surface area contributed by atoms with Crippen LogP contribution in [0.15, 0.2) is 28.8 Å². The van der Waals surface area contributed by atoms with Gasteiger partial charge in [-0.15, -0.1) is 0 Å². The van der Waals surface area contributed by atoms with Crippen molar-refractivity contribution in [2.24, 2.45) is 16.1 Å². The smallest absolute Gasteiger partial charge is 0.188 e. The number of allylic oxidation sites excluding steroid dienone is 1. The lowest BCUT2D eigenvalue weighted by Gasteiger charge is -2.29. The van der Waals surface area contributed by atoms with E-state index in [1.807, 2.05) is 6.92 Å². The van der Waals surface area contributed by atoms with Crippen LogP contribution in [-0.2, 0) is 0 Å². The third-order valence-electron chi connectivity index (χ3n) is 3.38. The summed E-state index contributed by atoms with van der Waals surface area (Å²) in [6.45, 7) is 11.7. The van der Waals surface area contributed by atoms with Crippen molar-refractivity contribution in [3.8, 4) is 0 Å². The molecule has 0 atom stereocenters. The Bertz CT molecular complexity index is 351. The van der Waals surface area contributed by atoms with E-state index in [1.165, 1.54) is 31.3 Å². The first kappa shape index (κ1) is 14.8. The molecular formula is C15H27N3. The summed E-state index contributed by atoms with van der Waals surface area (Å²) in [5.74, 6) is 0.516. The second kappa shape index (κ2) is 6.62. The highest BCUT2D eigenvalue weighted by molar-refractivity contribution is 5.78. The van der Waals surface area contributed by atoms with Gasteiger partial charge in [0.2, 0.25) is 0 Å². The summed E-state index contributed by atoms with van der Waals surface area (Å²) in [4.78, 5) is 4.44. The number of nitrogens with one attached hydrogen (secondary N) is 1. The molecule has 1 aliphatic rings. The summed E-state index contributed by atoms with van der Waals surface area (Å²) < 4.78 is 0. The average Bonchev–Trinajstić information content (AvgIpc) is 2.35. The molecule has 102 valence electrons. The second-order valence-electron chi connectivity index (χ2n) is 5.87. The minimum Gasteiger partial charge on any atom is -0.370 e. The quantitative estimate of drug-likeness (QED) is 0.447. The zero-order valence-corrected chi connectivity index (χ0v) is 12.1. The van der Waals surface area contributed by atoms with Gasteiger partial charge in [-0.1, -0.05) is 37.6 Å². The number of hydrogen-bond donors (Lipinski definition) is 2. The summed E-state index contributed by atoms with van der Waals surface area (Å²) in [7, 11) is 0. The summed E-state index contributed by atoms with van der Waals surface area (Å²) in [6.07, 6.45) is 7.44. The fraction of sp³-hybridized carbons (Fsp3) is 0.667. The molecule has 0 aromatic rings. The van der Waals surface area contributed by atoms with Crippen LogP contribution in [0.2, 0.25) is 0 Å². The van der Waals surface area contributed by atoms with Gasteiger partial charge in [0, 0.05) is 12.0 Å². The Labute approximate surface area is 111 Å². The lowest BCUT2D eigenvalue weighted by atomic mass is 9.79. The Morgan fingerprint density at radius 1 is 1.50 bits per heavy atom. The van der Waals surface area contributed by atoms with Crippen LogP contribution in [0.25, 0.3) is 0 Å². The molecule has 0 unspecified atom stereocenters. The Hall–Kier alpha value is -1.25. The van der Waals surface area contributed by atoms with E-state index in [4.69, 9.17) is 5.73 Å². The maximum Gasteiger partial charge on any atom is 0.188 e. The van der Waals surface area contributed by atoms with Gasteiger partial charge in [-0.25, -0.2) is 0 Å². The number of nitrogens with two attached hydrogens (primary N) is 1. The summed E-state index contributed by atoms with van der Waals surface area (Å²) in [6, 6.07) is 0. The van der Waals surface area contributed by atoms with Gasteiger partial charge in [-0.3, -0.25) is 4.99 Å². The Balaban J connectivity index is 2.51. The Kier molecular flexibility index (Phi) is 5.45. The topological polar surface area (TPSA) is 50.4 Å². The molecular weight excluding hydrogens is 222 g/mol. The minimum atomic E-state index is 0.121. The third kappa shape index (κ3) is 4.94. The van der Waals surface area contributed by atoms with Crippen molar-refractivity contribution < 1.29 is 0 Å². The molecule has 3 heteroatoms. The molecule has 0 fully saturated rings. The van der Waals surface area contributed by atoms with E-state index >= 15 is 0 Å². The van der Waals surface area contributed by atoms with Crippen LogP contribution in [0.3, 0.4) is 0 Å². The van der Waals surface area contributed by atoms with E-state index in [0.717, 1.165) is 12.1 Å². The summed E-state index contributed by atoms with van der Waals surface area (Å²) >= 11 is 0. The van der Waals surface area contributed by atoms with Gasteiger partial charge in [0.1, 0.15) is 0 Å². The van der Waals surface area contributed by atoms with Crippen molar-refractivity contribution in [3.63, 3.8) is 0 Å². The largest absolute Gasteiger partial charge is 0.370 e. The van der Waals surface area contributed by atoms with Crippen molar-refractivity contribution in [2.75, 3.05) is 13.1 Å². The molecule has 0 aromatic carbocycles. The van der Waals surface area contributed by atoms with E-state index < -0.39 is 0 Å². The third-order valence-corrected chi connectivity index (χ3v) is 3.38. The van der Waals surface area contributed by atoms with Gasteiger partial charge in [0.25, 0.3) is 0 Å². The summed E-state index contributed by atoms with van der Waals surface area (Å²) in [5, 5.41) is 3.07. The Morgan fingerprint density at radius 3 is 2.78 bits per heavy atom. The molecule has 0 heterocycles. The predicted molar refractivity (Wildman–Crippen MR) is 79.6 cm³/mol. The SMILES string of the molecule is C=C(C)CNC(N)=NCC(C)(C)C1=CCCCC1. The highest BCUT2D eigenvalue weighted by atomic mass is 15.1. The van der Waals surface area contributed by atoms with Crippen molar-refractivity contribution in [1.82, 2.24) is 5.32 Å². The lowest BCUT2D eigenvalue weighted by Crippen LogP contribution is -2.34. The van der Waals surface area contributed by atoms with Gasteiger partial charge >= 0.3 is 0 Å². The minimum absolute atomic E-state index is 0.121. The van der Waals surface area contributed by atoms with E-state index in [0.29, 0.717) is 12.5 Å². The number of aliphatic imine (C=N–C) groups is 1. The average molecular weight is 249 g/mol. The van der Waals surface area contributed by atoms with Crippen LogP contribution < -0.4 is 11.1 Å². The van der Waals surface area contributed by atoms with Gasteiger partial charge in [-0.05, 0) is 32.6 Å². The van der Waals surface area contributed by atoms with E-state index in [2.05, 4.69) is 36.8 Å². The van der Waals surface area contributed by atoms with Gasteiger partial charge < -0.3 is 11.1 Å². The van der Waals surface area contributed by atoms with Crippen molar-refractivity contribution in [3.05, 3.63) is 23.8 Å². The molecule has 0 amide bonds. The molecule has 0 aromatic heterocycles. The van der Waals surface area contributed by atoms with Crippen LogP contribution in [0.4, 0.5) is 0 Å². The van der Waals surface area contributed by atoms with Gasteiger partial charge in [0.15, 0.2) is 5.96 Å². The highest BCUT2D eigenvalue weighted by Gasteiger charge is 2.23. The maximum absolute atomic E-state index is 5.84. The number of hydrogen-bond acceptors (Lipinski definition) is 1. The predicted octanol–water partition coefficient (Wildman–Crippen LogP) is 2.99. The molecule has 0 radical (unpaired) electrons. The number of nitrogens with zero attached hydrogens (tertiary/aromatic N) is 1. The fourth-order valence-corrected chi connectivity index (χ4v) is 2.13. The lowest BCUT2D eigenvalue weighted by molar-refractivity contribution is 0.426. The molecule has 0 saturated carbocycles. The molecule has 18 heavy (non-hydrogen) atoms. The van der Waals surface area contributed by atoms with E-state index in [1.54, 1.807) is 0 Å². The molecule has 0 spiro atoms. The highest BCUT2D eigenvalue weighted by Crippen LogP contribution is 2.33. The maximum atomic E-state index is 5.84. The van der Waals surface area contributed by atoms with E-state index in [9.17, 15) is 0 Å². The molecule has 1 aliphatic carbocycles. The van der Waals surface area contributed by atoms with Crippen molar-refractivity contribution in [2.45, 2.75) is 46.5 Å². The van der Waals surface area contributed by atoms with Gasteiger partial charge in [0.05, 0.1) is 6.54 Å². The molecule has 1 rings (SSSR count). The second-order valence-corrected chi connectivity index (χ2v) is 5.87. The molecule has 3 N–H and O–H groups in total. The first-order valence-electron chi connectivity index (χ1n) is 6.79. The van der Waals surface area contributed by atoms with Crippen LogP contribution in [-0.4, -0.2) is 19.0 Å².